The van der Waals surface area contributed by atoms with E-state index in [0.717, 1.165) is 12.8 Å². The second-order valence-electron chi connectivity index (χ2n) is 3.47. The van der Waals surface area contributed by atoms with E-state index in [2.05, 4.69) is 13.8 Å². The monoisotopic (exact) mass is 184 g/mol. The van der Waals surface area contributed by atoms with Crippen LogP contribution in [0.2, 0.25) is 0 Å². The Hall–Kier alpha value is -0.790. The molecule has 76 valence electrons. The molecule has 0 unspecified atom stereocenters. The highest BCUT2D eigenvalue weighted by atomic mass is 16.4. The van der Waals surface area contributed by atoms with Crippen LogP contribution in [0.4, 0.5) is 0 Å². The number of carboxylic acids is 1. The molecular formula is C11H20O2. The Labute approximate surface area is 80.7 Å². The van der Waals surface area contributed by atoms with Gasteiger partial charge in [0.1, 0.15) is 0 Å². The second-order valence-corrected chi connectivity index (χ2v) is 3.47. The van der Waals surface area contributed by atoms with Gasteiger partial charge in [0.25, 0.3) is 0 Å². The molecule has 0 rings (SSSR count). The van der Waals surface area contributed by atoms with Crippen LogP contribution in [0.3, 0.4) is 0 Å². The lowest BCUT2D eigenvalue weighted by molar-refractivity contribution is -0.132. The van der Waals surface area contributed by atoms with E-state index in [1.165, 1.54) is 12.8 Å². The summed E-state index contributed by atoms with van der Waals surface area (Å²) in [5.41, 5.74) is 0.475. The van der Waals surface area contributed by atoms with Gasteiger partial charge in [-0.2, -0.15) is 0 Å². The van der Waals surface area contributed by atoms with Crippen LogP contribution in [0.15, 0.2) is 11.6 Å². The van der Waals surface area contributed by atoms with Gasteiger partial charge in [-0.25, -0.2) is 4.79 Å². The molecule has 0 aromatic heterocycles. The lowest BCUT2D eigenvalue weighted by Gasteiger charge is -2.09. The van der Waals surface area contributed by atoms with Gasteiger partial charge in [-0.05, 0) is 25.7 Å². The topological polar surface area (TPSA) is 37.3 Å². The Balaban J connectivity index is 4.09. The van der Waals surface area contributed by atoms with E-state index in [4.69, 9.17) is 5.11 Å². The summed E-state index contributed by atoms with van der Waals surface area (Å²) in [5.74, 6) is -0.356. The fraction of sp³-hybridized carbons (Fsp3) is 0.727. The van der Waals surface area contributed by atoms with Crippen LogP contribution in [0.5, 0.6) is 0 Å². The largest absolute Gasteiger partial charge is 0.478 e. The molecule has 2 heteroatoms. The lowest BCUT2D eigenvalue weighted by atomic mass is 9.97. The summed E-state index contributed by atoms with van der Waals surface area (Å²) in [4.78, 5) is 10.6. The Morgan fingerprint density at radius 3 is 2.46 bits per heavy atom. The third kappa shape index (κ3) is 5.45. The molecule has 0 saturated carbocycles. The van der Waals surface area contributed by atoms with Gasteiger partial charge in [-0.15, -0.1) is 0 Å². The highest BCUT2D eigenvalue weighted by Crippen LogP contribution is 2.15. The molecule has 0 radical (unpaired) electrons. The smallest absolute Gasteiger partial charge is 0.330 e. The van der Waals surface area contributed by atoms with Crippen LogP contribution in [0, 0.1) is 5.92 Å². The van der Waals surface area contributed by atoms with Crippen molar-refractivity contribution in [3.63, 3.8) is 0 Å². The quantitative estimate of drug-likeness (QED) is 0.643. The average molecular weight is 184 g/mol. The van der Waals surface area contributed by atoms with Gasteiger partial charge in [-0.1, -0.05) is 32.8 Å². The first kappa shape index (κ1) is 12.2. The van der Waals surface area contributed by atoms with Gasteiger partial charge in [0, 0.05) is 5.57 Å². The molecule has 0 aromatic carbocycles. The molecule has 0 bridgehead atoms. The van der Waals surface area contributed by atoms with Crippen LogP contribution < -0.4 is 0 Å². The number of carboxylic acid groups (broad SMARTS) is 1. The van der Waals surface area contributed by atoms with Crippen molar-refractivity contribution in [2.45, 2.75) is 46.5 Å². The minimum atomic E-state index is -0.796. The van der Waals surface area contributed by atoms with Crippen molar-refractivity contribution >= 4 is 5.97 Å². The fourth-order valence-corrected chi connectivity index (χ4v) is 1.30. The van der Waals surface area contributed by atoms with E-state index >= 15 is 0 Å². The van der Waals surface area contributed by atoms with Gasteiger partial charge >= 0.3 is 5.97 Å². The molecule has 0 aliphatic carbocycles. The molecule has 0 amide bonds. The molecule has 0 aliphatic rings. The zero-order valence-corrected chi connectivity index (χ0v) is 8.84. The Bertz CT molecular complexity index is 183. The van der Waals surface area contributed by atoms with Crippen molar-refractivity contribution in [1.82, 2.24) is 0 Å². The fourth-order valence-electron chi connectivity index (χ4n) is 1.30. The number of unbranched alkanes of at least 4 members (excludes halogenated alkanes) is 1. The van der Waals surface area contributed by atoms with E-state index in [-0.39, 0.29) is 0 Å². The van der Waals surface area contributed by atoms with E-state index in [1.807, 2.05) is 6.08 Å². The summed E-state index contributed by atoms with van der Waals surface area (Å²) in [6, 6.07) is 0. The van der Waals surface area contributed by atoms with Crippen molar-refractivity contribution < 1.29 is 9.90 Å². The highest BCUT2D eigenvalue weighted by Gasteiger charge is 2.06. The average Bonchev–Trinajstić information content (AvgIpc) is 2.11. The zero-order chi connectivity index (χ0) is 10.3. The molecule has 1 N–H and O–H groups in total. The minimum Gasteiger partial charge on any atom is -0.478 e. The summed E-state index contributed by atoms with van der Waals surface area (Å²) < 4.78 is 0. The molecule has 13 heavy (non-hydrogen) atoms. The van der Waals surface area contributed by atoms with Crippen LogP contribution in [0.1, 0.15) is 46.5 Å². The molecule has 0 aromatic rings. The normalized spacial score (nSPS) is 14.2. The number of hydrogen-bond acceptors (Lipinski definition) is 1. The van der Waals surface area contributed by atoms with E-state index in [9.17, 15) is 4.79 Å². The van der Waals surface area contributed by atoms with Crippen LogP contribution in [-0.2, 0) is 4.79 Å². The second kappa shape index (κ2) is 6.70. The van der Waals surface area contributed by atoms with Gasteiger partial charge < -0.3 is 5.11 Å². The SMILES string of the molecule is CCCC[C@@H](/C=C(\C)C(=O)O)CC. The first-order valence-corrected chi connectivity index (χ1v) is 5.03. The van der Waals surface area contributed by atoms with Gasteiger partial charge in [0.2, 0.25) is 0 Å². The number of carbonyl (C=O) groups is 1. The summed E-state index contributed by atoms with van der Waals surface area (Å²) in [6.45, 7) is 5.92. The van der Waals surface area contributed by atoms with Crippen molar-refractivity contribution in [1.29, 1.82) is 0 Å². The first-order valence-electron chi connectivity index (χ1n) is 5.03. The molecule has 0 fully saturated rings. The molecular weight excluding hydrogens is 164 g/mol. The summed E-state index contributed by atoms with van der Waals surface area (Å²) in [7, 11) is 0. The van der Waals surface area contributed by atoms with E-state index in [0.29, 0.717) is 11.5 Å². The maximum atomic E-state index is 10.6. The molecule has 0 heterocycles. The number of hydrogen-bond donors (Lipinski definition) is 1. The van der Waals surface area contributed by atoms with Crippen LogP contribution >= 0.6 is 0 Å². The maximum Gasteiger partial charge on any atom is 0.330 e. The third-order valence-corrected chi connectivity index (χ3v) is 2.28. The molecule has 2 nitrogen and oxygen atoms in total. The van der Waals surface area contributed by atoms with Crippen molar-refractivity contribution in [3.05, 3.63) is 11.6 Å². The van der Waals surface area contributed by atoms with Crippen LogP contribution in [-0.4, -0.2) is 11.1 Å². The summed E-state index contributed by atoms with van der Waals surface area (Å²) in [6.07, 6.45) is 6.39. The highest BCUT2D eigenvalue weighted by molar-refractivity contribution is 5.85. The van der Waals surface area contributed by atoms with Crippen molar-refractivity contribution in [3.8, 4) is 0 Å². The molecule has 0 spiro atoms. The van der Waals surface area contributed by atoms with Crippen molar-refractivity contribution in [2.75, 3.05) is 0 Å². The maximum absolute atomic E-state index is 10.6. The van der Waals surface area contributed by atoms with Gasteiger partial charge in [0.15, 0.2) is 0 Å². The van der Waals surface area contributed by atoms with Gasteiger partial charge in [0.05, 0.1) is 0 Å². The number of aliphatic carboxylic acids is 1. The Morgan fingerprint density at radius 2 is 2.08 bits per heavy atom. The zero-order valence-electron chi connectivity index (χ0n) is 8.84. The standard InChI is InChI=1S/C11H20O2/c1-4-6-7-10(5-2)8-9(3)11(12)13/h8,10H,4-7H2,1-3H3,(H,12,13)/b9-8+/t10-/m0/s1. The predicted molar refractivity (Wildman–Crippen MR) is 54.7 cm³/mol. The van der Waals surface area contributed by atoms with E-state index < -0.39 is 5.97 Å². The molecule has 0 saturated heterocycles. The Kier molecular flexibility index (Phi) is 6.29. The third-order valence-electron chi connectivity index (χ3n) is 2.28. The minimum absolute atomic E-state index is 0.441. The van der Waals surface area contributed by atoms with Crippen LogP contribution in [0.25, 0.3) is 0 Å². The lowest BCUT2D eigenvalue weighted by Crippen LogP contribution is -2.01. The summed E-state index contributed by atoms with van der Waals surface area (Å²) in [5, 5.41) is 8.68. The number of allylic oxidation sites excluding steroid dienone is 1. The predicted octanol–water partition coefficient (Wildman–Crippen LogP) is 3.23. The summed E-state index contributed by atoms with van der Waals surface area (Å²) >= 11 is 0. The molecule has 0 aliphatic heterocycles. The molecule has 1 atom stereocenters. The number of rotatable bonds is 6. The Morgan fingerprint density at radius 1 is 1.46 bits per heavy atom. The van der Waals surface area contributed by atoms with Gasteiger partial charge in [-0.3, -0.25) is 0 Å². The van der Waals surface area contributed by atoms with E-state index in [1.54, 1.807) is 6.92 Å². The first-order chi connectivity index (χ1) is 6.11. The van der Waals surface area contributed by atoms with Crippen molar-refractivity contribution in [2.24, 2.45) is 5.92 Å².